The van der Waals surface area contributed by atoms with Gasteiger partial charge in [0.2, 0.25) is 0 Å². The maximum atomic E-state index is 14.1. The molecule has 4 heterocycles. The molecule has 188 valence electrons. The van der Waals surface area contributed by atoms with Crippen molar-refractivity contribution in [1.29, 1.82) is 0 Å². The summed E-state index contributed by atoms with van der Waals surface area (Å²) in [5.41, 5.74) is 6.76. The third-order valence-electron chi connectivity index (χ3n) is 8.36. The first-order chi connectivity index (χ1) is 18.0. The SMILES string of the molecule is Cc1c(C=C2C(=O)Nc3cccc(-c4cccc(F)c4)c32)[nH]c2c1C(=O)N1CCC[C@H]1C2NCC1CC1. The van der Waals surface area contributed by atoms with E-state index in [1.54, 1.807) is 6.07 Å². The van der Waals surface area contributed by atoms with Crippen LogP contribution in [0.3, 0.4) is 0 Å². The standard InChI is InChI=1S/C30H29FN4O2/c1-16-23(33-28-25(16)30(37)35-12-4-9-24(35)27(28)32-15-17-10-11-17)14-21-26-20(18-5-2-6-19(31)13-18)7-3-8-22(26)34-29(21)36/h2-3,5-8,13-14,17,24,27,32-33H,4,9-12,15H2,1H3,(H,34,36)/t24-,27?/m0/s1. The molecule has 0 bridgehead atoms. The van der Waals surface area contributed by atoms with Crippen molar-refractivity contribution >= 4 is 29.2 Å². The molecule has 4 aliphatic rings. The highest BCUT2D eigenvalue weighted by atomic mass is 19.1. The Morgan fingerprint density at radius 2 is 1.95 bits per heavy atom. The summed E-state index contributed by atoms with van der Waals surface area (Å²) >= 11 is 0. The number of hydrogen-bond donors (Lipinski definition) is 3. The lowest BCUT2D eigenvalue weighted by Gasteiger charge is -2.37. The van der Waals surface area contributed by atoms with Crippen molar-refractivity contribution in [3.8, 4) is 11.1 Å². The number of rotatable bonds is 5. The van der Waals surface area contributed by atoms with E-state index in [9.17, 15) is 14.0 Å². The summed E-state index contributed by atoms with van der Waals surface area (Å²) in [5.74, 6) is 0.279. The molecule has 1 saturated heterocycles. The molecule has 3 N–H and O–H groups in total. The quantitative estimate of drug-likeness (QED) is 0.421. The lowest BCUT2D eigenvalue weighted by molar-refractivity contribution is -0.110. The molecule has 2 atom stereocenters. The minimum Gasteiger partial charge on any atom is -0.357 e. The Morgan fingerprint density at radius 3 is 2.76 bits per heavy atom. The van der Waals surface area contributed by atoms with E-state index in [0.29, 0.717) is 16.8 Å². The maximum absolute atomic E-state index is 14.1. The molecule has 1 aliphatic carbocycles. The second-order valence-corrected chi connectivity index (χ2v) is 10.7. The Morgan fingerprint density at radius 1 is 1.11 bits per heavy atom. The van der Waals surface area contributed by atoms with Crippen LogP contribution < -0.4 is 10.6 Å². The third-order valence-corrected chi connectivity index (χ3v) is 8.36. The number of carbonyl (C=O) groups is 2. The van der Waals surface area contributed by atoms with Crippen LogP contribution in [0.1, 0.15) is 64.6 Å². The van der Waals surface area contributed by atoms with Crippen LogP contribution in [-0.2, 0) is 4.79 Å². The molecule has 2 fully saturated rings. The summed E-state index contributed by atoms with van der Waals surface area (Å²) in [7, 11) is 0. The van der Waals surface area contributed by atoms with E-state index in [1.165, 1.54) is 25.0 Å². The van der Waals surface area contributed by atoms with Crippen molar-refractivity contribution < 1.29 is 14.0 Å². The van der Waals surface area contributed by atoms with Crippen LogP contribution in [0.25, 0.3) is 22.8 Å². The number of anilines is 1. The van der Waals surface area contributed by atoms with Gasteiger partial charge in [0.15, 0.2) is 0 Å². The number of aromatic amines is 1. The Labute approximate surface area is 214 Å². The molecule has 7 heteroatoms. The van der Waals surface area contributed by atoms with Crippen molar-refractivity contribution in [2.75, 3.05) is 18.4 Å². The summed E-state index contributed by atoms with van der Waals surface area (Å²) in [6, 6.07) is 12.3. The van der Waals surface area contributed by atoms with E-state index in [4.69, 9.17) is 0 Å². The van der Waals surface area contributed by atoms with Crippen molar-refractivity contribution in [1.82, 2.24) is 15.2 Å². The van der Waals surface area contributed by atoms with Gasteiger partial charge in [-0.05, 0) is 86.0 Å². The number of carbonyl (C=O) groups excluding carboxylic acids is 2. The number of halogens is 1. The fourth-order valence-electron chi connectivity index (χ4n) is 6.30. The number of nitrogens with one attached hydrogen (secondary N) is 3. The average Bonchev–Trinajstić information content (AvgIpc) is 3.33. The number of benzene rings is 2. The normalized spacial score (nSPS) is 23.3. The van der Waals surface area contributed by atoms with Gasteiger partial charge in [-0.2, -0.15) is 0 Å². The highest BCUT2D eigenvalue weighted by molar-refractivity contribution is 6.36. The first kappa shape index (κ1) is 22.5. The summed E-state index contributed by atoms with van der Waals surface area (Å²) in [4.78, 5) is 32.3. The molecule has 37 heavy (non-hydrogen) atoms. The van der Waals surface area contributed by atoms with E-state index in [0.717, 1.165) is 65.5 Å². The largest absolute Gasteiger partial charge is 0.357 e. The fourth-order valence-corrected chi connectivity index (χ4v) is 6.30. The zero-order valence-electron chi connectivity index (χ0n) is 20.7. The molecule has 6 nitrogen and oxygen atoms in total. The number of amides is 2. The predicted molar refractivity (Wildman–Crippen MR) is 141 cm³/mol. The van der Waals surface area contributed by atoms with Crippen LogP contribution in [0.2, 0.25) is 0 Å². The zero-order chi connectivity index (χ0) is 25.3. The second-order valence-electron chi connectivity index (χ2n) is 10.7. The van der Waals surface area contributed by atoms with Crippen LogP contribution in [0, 0.1) is 18.7 Å². The molecular weight excluding hydrogens is 467 g/mol. The highest BCUT2D eigenvalue weighted by Crippen LogP contribution is 2.43. The van der Waals surface area contributed by atoms with Crippen molar-refractivity contribution in [3.63, 3.8) is 0 Å². The van der Waals surface area contributed by atoms with Crippen LogP contribution in [-0.4, -0.2) is 40.8 Å². The number of fused-ring (bicyclic) bond motifs is 3. The number of nitrogens with zero attached hydrogens (tertiary/aromatic N) is 1. The van der Waals surface area contributed by atoms with Crippen LogP contribution >= 0.6 is 0 Å². The second kappa shape index (κ2) is 8.42. The smallest absolute Gasteiger partial charge is 0.256 e. The fraction of sp³-hybridized carbons (Fsp3) is 0.333. The average molecular weight is 497 g/mol. The van der Waals surface area contributed by atoms with Gasteiger partial charge in [-0.1, -0.05) is 24.3 Å². The summed E-state index contributed by atoms with van der Waals surface area (Å²) in [5, 5.41) is 6.73. The van der Waals surface area contributed by atoms with Crippen molar-refractivity contribution in [2.45, 2.75) is 44.7 Å². The third kappa shape index (κ3) is 3.63. The van der Waals surface area contributed by atoms with E-state index >= 15 is 0 Å². The molecule has 7 rings (SSSR count). The molecule has 0 spiro atoms. The molecule has 1 saturated carbocycles. The Bertz CT molecular complexity index is 1480. The predicted octanol–water partition coefficient (Wildman–Crippen LogP) is 5.28. The van der Waals surface area contributed by atoms with Crippen LogP contribution in [0.4, 0.5) is 10.1 Å². The molecule has 2 aromatic carbocycles. The van der Waals surface area contributed by atoms with E-state index in [2.05, 4.69) is 15.6 Å². The minimum absolute atomic E-state index is 0.0641. The van der Waals surface area contributed by atoms with E-state index in [1.807, 2.05) is 42.2 Å². The highest BCUT2D eigenvalue weighted by Gasteiger charge is 2.45. The molecule has 2 amide bonds. The lowest BCUT2D eigenvalue weighted by Crippen LogP contribution is -2.49. The first-order valence-corrected chi connectivity index (χ1v) is 13.2. The van der Waals surface area contributed by atoms with Gasteiger partial charge in [0.25, 0.3) is 11.8 Å². The van der Waals surface area contributed by atoms with Gasteiger partial charge in [0.1, 0.15) is 5.82 Å². The summed E-state index contributed by atoms with van der Waals surface area (Å²) in [6.45, 7) is 3.71. The van der Waals surface area contributed by atoms with E-state index in [-0.39, 0.29) is 29.7 Å². The zero-order valence-corrected chi connectivity index (χ0v) is 20.7. The number of H-pyrrole nitrogens is 1. The summed E-state index contributed by atoms with van der Waals surface area (Å²) in [6.07, 6.45) is 6.41. The van der Waals surface area contributed by atoms with Gasteiger partial charge in [0, 0.05) is 29.2 Å². The van der Waals surface area contributed by atoms with Crippen molar-refractivity contribution in [3.05, 3.63) is 76.4 Å². The van der Waals surface area contributed by atoms with Gasteiger partial charge in [-0.25, -0.2) is 4.39 Å². The van der Waals surface area contributed by atoms with E-state index < -0.39 is 0 Å². The van der Waals surface area contributed by atoms with Gasteiger partial charge in [0.05, 0.1) is 23.2 Å². The first-order valence-electron chi connectivity index (χ1n) is 13.2. The minimum atomic E-state index is -0.324. The van der Waals surface area contributed by atoms with Crippen molar-refractivity contribution in [2.24, 2.45) is 5.92 Å². The molecular formula is C30H29FN4O2. The number of aromatic nitrogens is 1. The van der Waals surface area contributed by atoms with Gasteiger partial charge >= 0.3 is 0 Å². The monoisotopic (exact) mass is 496 g/mol. The number of hydrogen-bond acceptors (Lipinski definition) is 3. The maximum Gasteiger partial charge on any atom is 0.256 e. The molecule has 1 unspecified atom stereocenters. The Kier molecular flexibility index (Phi) is 5.11. The Hall–Kier alpha value is -3.71. The Balaban J connectivity index is 1.34. The van der Waals surface area contributed by atoms with Crippen LogP contribution in [0.15, 0.2) is 42.5 Å². The van der Waals surface area contributed by atoms with Gasteiger partial charge in [-0.3, -0.25) is 9.59 Å². The molecule has 0 radical (unpaired) electrons. The molecule has 1 aromatic heterocycles. The van der Waals surface area contributed by atoms with Gasteiger partial charge in [-0.15, -0.1) is 0 Å². The topological polar surface area (TPSA) is 77.2 Å². The lowest BCUT2D eigenvalue weighted by atomic mass is 9.92. The van der Waals surface area contributed by atoms with Crippen LogP contribution in [0.5, 0.6) is 0 Å². The molecule has 3 aromatic rings. The summed E-state index contributed by atoms with van der Waals surface area (Å²) < 4.78 is 14.1. The molecule has 3 aliphatic heterocycles. The van der Waals surface area contributed by atoms with Gasteiger partial charge < -0.3 is 20.5 Å².